The van der Waals surface area contributed by atoms with Crippen molar-refractivity contribution in [3.63, 3.8) is 0 Å². The first kappa shape index (κ1) is 13.8. The molecule has 0 atom stereocenters. The number of fused-ring (bicyclic) bond motifs is 1. The molecule has 109 valence electrons. The second-order valence-electron chi connectivity index (χ2n) is 5.70. The Kier molecular flexibility index (Phi) is 3.65. The fraction of sp³-hybridized carbons (Fsp3) is 0. The molecule has 0 aliphatic heterocycles. The molecule has 0 amide bonds. The molecule has 4 aromatic rings. The molecule has 0 aromatic heterocycles. The number of rotatable bonds is 3. The van der Waals surface area contributed by atoms with E-state index in [1.807, 2.05) is 6.07 Å². The lowest BCUT2D eigenvalue weighted by molar-refractivity contribution is 1.46. The molecule has 0 saturated heterocycles. The predicted molar refractivity (Wildman–Crippen MR) is 98.3 cm³/mol. The smallest absolute Gasteiger partial charge is 0.0205 e. The summed E-state index contributed by atoms with van der Waals surface area (Å²) >= 11 is 0. The van der Waals surface area contributed by atoms with Crippen molar-refractivity contribution in [3.8, 4) is 11.1 Å². The van der Waals surface area contributed by atoms with Gasteiger partial charge in [-0.2, -0.15) is 0 Å². The van der Waals surface area contributed by atoms with Crippen molar-refractivity contribution in [3.05, 3.63) is 115 Å². The maximum Gasteiger partial charge on any atom is 0.0205 e. The summed E-state index contributed by atoms with van der Waals surface area (Å²) < 4.78 is 0. The van der Waals surface area contributed by atoms with E-state index in [1.54, 1.807) is 0 Å². The molecule has 0 heteroatoms. The van der Waals surface area contributed by atoms with Crippen LogP contribution in [0.25, 0.3) is 21.9 Å². The lowest BCUT2D eigenvalue weighted by Gasteiger charge is -2.07. The van der Waals surface area contributed by atoms with Crippen molar-refractivity contribution >= 4 is 10.8 Å². The van der Waals surface area contributed by atoms with Crippen LogP contribution in [0.3, 0.4) is 0 Å². The van der Waals surface area contributed by atoms with Crippen LogP contribution in [0.5, 0.6) is 0 Å². The summed E-state index contributed by atoms with van der Waals surface area (Å²) in [7, 11) is 0. The second kappa shape index (κ2) is 6.10. The highest BCUT2D eigenvalue weighted by atomic mass is 14.1. The van der Waals surface area contributed by atoms with E-state index in [0.29, 0.717) is 0 Å². The monoisotopic (exact) mass is 293 g/mol. The van der Waals surface area contributed by atoms with Crippen molar-refractivity contribution in [1.29, 1.82) is 0 Å². The first-order valence-electron chi connectivity index (χ1n) is 7.88. The van der Waals surface area contributed by atoms with E-state index in [2.05, 4.69) is 97.4 Å². The third kappa shape index (κ3) is 2.89. The molecule has 4 aromatic carbocycles. The van der Waals surface area contributed by atoms with Crippen molar-refractivity contribution in [1.82, 2.24) is 0 Å². The van der Waals surface area contributed by atoms with Crippen molar-refractivity contribution < 1.29 is 0 Å². The van der Waals surface area contributed by atoms with Crippen LogP contribution >= 0.6 is 0 Å². The maximum absolute atomic E-state index is 2.25. The fourth-order valence-corrected chi connectivity index (χ4v) is 2.96. The van der Waals surface area contributed by atoms with Gasteiger partial charge in [-0.25, -0.2) is 0 Å². The molecule has 0 aliphatic rings. The van der Waals surface area contributed by atoms with E-state index in [0.717, 1.165) is 0 Å². The van der Waals surface area contributed by atoms with E-state index in [4.69, 9.17) is 0 Å². The summed E-state index contributed by atoms with van der Waals surface area (Å²) in [4.78, 5) is 0. The van der Waals surface area contributed by atoms with Crippen LogP contribution < -0.4 is 0 Å². The summed E-state index contributed by atoms with van der Waals surface area (Å²) in [5, 5.41) is 2.57. The number of hydrogen-bond donors (Lipinski definition) is 0. The van der Waals surface area contributed by atoms with Crippen LogP contribution in [0.2, 0.25) is 0 Å². The average Bonchev–Trinajstić information content (AvgIpc) is 2.63. The Balaban J connectivity index is 1.64. The zero-order chi connectivity index (χ0) is 15.5. The van der Waals surface area contributed by atoms with Crippen molar-refractivity contribution in [2.75, 3.05) is 0 Å². The average molecular weight is 293 g/mol. The zero-order valence-corrected chi connectivity index (χ0v) is 12.8. The van der Waals surface area contributed by atoms with Crippen LogP contribution in [-0.2, 0) is 0 Å². The van der Waals surface area contributed by atoms with Crippen LogP contribution in [-0.4, -0.2) is 0 Å². The van der Waals surface area contributed by atoms with Crippen LogP contribution in [0.1, 0.15) is 11.1 Å². The van der Waals surface area contributed by atoms with Crippen molar-refractivity contribution in [2.45, 2.75) is 0 Å². The van der Waals surface area contributed by atoms with E-state index in [-0.39, 0.29) is 0 Å². The molecule has 0 fully saturated rings. The highest BCUT2D eigenvalue weighted by Gasteiger charge is 2.03. The SMILES string of the molecule is [CH](c1ccc(-c2ccccc2)cc1)c1cccc2ccccc12. The molecule has 23 heavy (non-hydrogen) atoms. The number of hydrogen-bond acceptors (Lipinski definition) is 0. The van der Waals surface area contributed by atoms with Gasteiger partial charge in [0.25, 0.3) is 0 Å². The van der Waals surface area contributed by atoms with Gasteiger partial charge in [0.05, 0.1) is 0 Å². The van der Waals surface area contributed by atoms with Gasteiger partial charge in [-0.15, -0.1) is 0 Å². The van der Waals surface area contributed by atoms with Crippen LogP contribution in [0.15, 0.2) is 97.1 Å². The van der Waals surface area contributed by atoms with Gasteiger partial charge in [0.15, 0.2) is 0 Å². The maximum atomic E-state index is 2.25. The Labute approximate surface area is 137 Å². The topological polar surface area (TPSA) is 0 Å². The standard InChI is InChI=1S/C23H17/c1-2-7-19(8-3-1)20-15-13-18(14-16-20)17-22-11-6-10-21-9-4-5-12-23(21)22/h1-17H. The molecule has 0 bridgehead atoms. The predicted octanol–water partition coefficient (Wildman–Crippen LogP) is 6.11. The highest BCUT2D eigenvalue weighted by molar-refractivity contribution is 5.87. The van der Waals surface area contributed by atoms with Crippen LogP contribution in [0.4, 0.5) is 0 Å². The molecule has 0 N–H and O–H groups in total. The Bertz CT molecular complexity index is 913. The minimum Gasteiger partial charge on any atom is -0.0622 e. The summed E-state index contributed by atoms with van der Waals surface area (Å²) in [5.74, 6) is 0. The molecule has 0 unspecified atom stereocenters. The molecule has 0 saturated carbocycles. The van der Waals surface area contributed by atoms with Crippen molar-refractivity contribution in [2.24, 2.45) is 0 Å². The summed E-state index contributed by atoms with van der Waals surface area (Å²) in [5.41, 5.74) is 4.99. The molecular weight excluding hydrogens is 276 g/mol. The molecule has 0 aliphatic carbocycles. The summed E-state index contributed by atoms with van der Waals surface area (Å²) in [6.45, 7) is 0. The molecule has 4 rings (SSSR count). The molecule has 0 heterocycles. The van der Waals surface area contributed by atoms with Gasteiger partial charge in [0.2, 0.25) is 0 Å². The van der Waals surface area contributed by atoms with Gasteiger partial charge in [0, 0.05) is 6.42 Å². The minimum atomic E-state index is 1.22. The highest BCUT2D eigenvalue weighted by Crippen LogP contribution is 2.24. The van der Waals surface area contributed by atoms with Gasteiger partial charge in [0.1, 0.15) is 0 Å². The summed E-state index contributed by atoms with van der Waals surface area (Å²) in [6.07, 6.45) is 2.25. The normalized spacial score (nSPS) is 10.8. The third-order valence-electron chi connectivity index (χ3n) is 4.16. The first-order valence-corrected chi connectivity index (χ1v) is 7.88. The Hall–Kier alpha value is -2.86. The summed E-state index contributed by atoms with van der Waals surface area (Å²) in [6, 6.07) is 34.2. The molecule has 1 radical (unpaired) electrons. The van der Waals surface area contributed by atoms with E-state index < -0.39 is 0 Å². The van der Waals surface area contributed by atoms with Crippen LogP contribution in [0, 0.1) is 6.42 Å². The first-order chi connectivity index (χ1) is 11.4. The van der Waals surface area contributed by atoms with Gasteiger partial charge in [-0.3, -0.25) is 0 Å². The quantitative estimate of drug-likeness (QED) is 0.427. The van der Waals surface area contributed by atoms with Gasteiger partial charge >= 0.3 is 0 Å². The molecular formula is C23H17. The lowest BCUT2D eigenvalue weighted by Crippen LogP contribution is -1.87. The molecule has 0 nitrogen and oxygen atoms in total. The minimum absolute atomic E-state index is 1.22. The van der Waals surface area contributed by atoms with Gasteiger partial charge < -0.3 is 0 Å². The number of benzene rings is 4. The van der Waals surface area contributed by atoms with Gasteiger partial charge in [-0.1, -0.05) is 97.1 Å². The third-order valence-corrected chi connectivity index (χ3v) is 4.16. The van der Waals surface area contributed by atoms with E-state index in [9.17, 15) is 0 Å². The fourth-order valence-electron chi connectivity index (χ4n) is 2.96. The van der Waals surface area contributed by atoms with Gasteiger partial charge in [-0.05, 0) is 33.0 Å². The zero-order valence-electron chi connectivity index (χ0n) is 12.8. The Morgan fingerprint density at radius 1 is 0.478 bits per heavy atom. The van der Waals surface area contributed by atoms with E-state index in [1.165, 1.54) is 33.0 Å². The lowest BCUT2D eigenvalue weighted by atomic mass is 9.97. The Morgan fingerprint density at radius 2 is 1.13 bits per heavy atom. The largest absolute Gasteiger partial charge is 0.0622 e. The Morgan fingerprint density at radius 3 is 1.96 bits per heavy atom. The molecule has 0 spiro atoms. The van der Waals surface area contributed by atoms with E-state index >= 15 is 0 Å². The second-order valence-corrected chi connectivity index (χ2v) is 5.70.